The number of hydrogen-bond donors (Lipinski definition) is 0. The lowest BCUT2D eigenvalue weighted by atomic mass is 10.0. The second-order valence-corrected chi connectivity index (χ2v) is 7.36. The van der Waals surface area contributed by atoms with Crippen LogP contribution < -0.4 is 0 Å². The van der Waals surface area contributed by atoms with E-state index < -0.39 is 8.80 Å². The molecule has 1 fully saturated rings. The molecule has 0 unspecified atom stereocenters. The molecule has 1 aliphatic carbocycles. The molecule has 4 heteroatoms. The molecule has 90 valence electrons. The van der Waals surface area contributed by atoms with Crippen LogP contribution >= 0.6 is 0 Å². The van der Waals surface area contributed by atoms with Crippen molar-refractivity contribution in [1.82, 2.24) is 0 Å². The van der Waals surface area contributed by atoms with E-state index in [1.165, 1.54) is 38.5 Å². The van der Waals surface area contributed by atoms with Gasteiger partial charge < -0.3 is 13.3 Å². The molecule has 0 amide bonds. The van der Waals surface area contributed by atoms with E-state index in [1.54, 1.807) is 21.3 Å². The molecule has 0 atom stereocenters. The van der Waals surface area contributed by atoms with Gasteiger partial charge >= 0.3 is 8.80 Å². The zero-order valence-electron chi connectivity index (χ0n) is 10.3. The maximum Gasteiger partial charge on any atom is 0.500 e. The summed E-state index contributed by atoms with van der Waals surface area (Å²) < 4.78 is 16.4. The average Bonchev–Trinajstić information content (AvgIpc) is 2.54. The first kappa shape index (κ1) is 13.2. The topological polar surface area (TPSA) is 27.7 Å². The Bertz CT molecular complexity index is 155. The van der Waals surface area contributed by atoms with Gasteiger partial charge in [0.2, 0.25) is 0 Å². The van der Waals surface area contributed by atoms with E-state index in [0.717, 1.165) is 12.0 Å². The maximum absolute atomic E-state index is 5.47. The van der Waals surface area contributed by atoms with Gasteiger partial charge in [-0.3, -0.25) is 0 Å². The largest absolute Gasteiger partial charge is 0.500 e. The molecule has 1 rings (SSSR count). The van der Waals surface area contributed by atoms with Gasteiger partial charge in [0, 0.05) is 27.4 Å². The Labute approximate surface area is 94.5 Å². The SMILES string of the molecule is CO[Si](CC1CCCCCC1)(OC)OC. The molecule has 1 saturated carbocycles. The molecule has 1 aliphatic rings. The summed E-state index contributed by atoms with van der Waals surface area (Å²) in [6.45, 7) is 0. The second-order valence-electron chi connectivity index (χ2n) is 4.36. The molecular formula is C11H24O3Si. The first-order chi connectivity index (χ1) is 7.26. The average molecular weight is 232 g/mol. The zero-order valence-corrected chi connectivity index (χ0v) is 11.3. The van der Waals surface area contributed by atoms with Crippen LogP contribution in [0.1, 0.15) is 38.5 Å². The quantitative estimate of drug-likeness (QED) is 0.539. The molecule has 0 bridgehead atoms. The molecule has 0 aliphatic heterocycles. The summed E-state index contributed by atoms with van der Waals surface area (Å²) in [4.78, 5) is 0. The number of hydrogen-bond acceptors (Lipinski definition) is 3. The summed E-state index contributed by atoms with van der Waals surface area (Å²) in [5.41, 5.74) is 0. The van der Waals surface area contributed by atoms with Crippen molar-refractivity contribution in [3.8, 4) is 0 Å². The van der Waals surface area contributed by atoms with Crippen LogP contribution in [0, 0.1) is 5.92 Å². The molecule has 3 nitrogen and oxygen atoms in total. The third kappa shape index (κ3) is 3.87. The van der Waals surface area contributed by atoms with Crippen molar-refractivity contribution < 1.29 is 13.3 Å². The molecule has 0 radical (unpaired) electrons. The van der Waals surface area contributed by atoms with Crippen molar-refractivity contribution in [2.75, 3.05) is 21.3 Å². The second kappa shape index (κ2) is 6.63. The minimum absolute atomic E-state index is 0.735. The Hall–Kier alpha value is 0.0969. The van der Waals surface area contributed by atoms with Gasteiger partial charge in [-0.25, -0.2) is 0 Å². The Morgan fingerprint density at radius 1 is 0.867 bits per heavy atom. The summed E-state index contributed by atoms with van der Waals surface area (Å²) in [7, 11) is 2.79. The van der Waals surface area contributed by atoms with E-state index in [1.807, 2.05) is 0 Å². The van der Waals surface area contributed by atoms with Crippen LogP contribution in [-0.4, -0.2) is 30.1 Å². The summed E-state index contributed by atoms with van der Waals surface area (Å²) in [5, 5.41) is 0. The van der Waals surface area contributed by atoms with Crippen molar-refractivity contribution in [2.45, 2.75) is 44.6 Å². The highest BCUT2D eigenvalue weighted by Gasteiger charge is 2.40. The Morgan fingerprint density at radius 3 is 1.73 bits per heavy atom. The number of rotatable bonds is 5. The van der Waals surface area contributed by atoms with Crippen LogP contribution in [0.3, 0.4) is 0 Å². The van der Waals surface area contributed by atoms with E-state index in [4.69, 9.17) is 13.3 Å². The van der Waals surface area contributed by atoms with Crippen molar-refractivity contribution in [3.63, 3.8) is 0 Å². The van der Waals surface area contributed by atoms with Gasteiger partial charge in [-0.15, -0.1) is 0 Å². The van der Waals surface area contributed by atoms with E-state index in [2.05, 4.69) is 0 Å². The molecule has 0 spiro atoms. The van der Waals surface area contributed by atoms with Crippen LogP contribution in [0.15, 0.2) is 0 Å². The fourth-order valence-electron chi connectivity index (χ4n) is 2.42. The molecule has 0 aromatic heterocycles. The van der Waals surface area contributed by atoms with Gasteiger partial charge in [0.25, 0.3) is 0 Å². The maximum atomic E-state index is 5.47. The van der Waals surface area contributed by atoms with Gasteiger partial charge in [0.1, 0.15) is 0 Å². The van der Waals surface area contributed by atoms with Gasteiger partial charge in [0.15, 0.2) is 0 Å². The molecule has 0 heterocycles. The standard InChI is InChI=1S/C11H24O3Si/c1-12-15(13-2,14-3)10-11-8-6-4-5-7-9-11/h11H,4-10H2,1-3H3. The molecule has 0 saturated heterocycles. The van der Waals surface area contributed by atoms with E-state index in [9.17, 15) is 0 Å². The minimum Gasteiger partial charge on any atom is -0.377 e. The highest BCUT2D eigenvalue weighted by atomic mass is 28.4. The fraction of sp³-hybridized carbons (Fsp3) is 1.00. The molecule has 0 aromatic rings. The monoisotopic (exact) mass is 232 g/mol. The Morgan fingerprint density at radius 2 is 1.33 bits per heavy atom. The minimum atomic E-state index is -2.33. The van der Waals surface area contributed by atoms with Gasteiger partial charge in [0.05, 0.1) is 0 Å². The van der Waals surface area contributed by atoms with Crippen molar-refractivity contribution >= 4 is 8.80 Å². The van der Waals surface area contributed by atoms with Gasteiger partial charge in [-0.05, 0) is 5.92 Å². The third-order valence-electron chi connectivity index (χ3n) is 3.45. The molecule has 15 heavy (non-hydrogen) atoms. The summed E-state index contributed by atoms with van der Waals surface area (Å²) in [6, 6.07) is 0.983. The van der Waals surface area contributed by atoms with Crippen LogP contribution in [0.4, 0.5) is 0 Å². The van der Waals surface area contributed by atoms with Crippen molar-refractivity contribution in [3.05, 3.63) is 0 Å². The summed E-state index contributed by atoms with van der Waals surface area (Å²) in [6.07, 6.45) is 8.10. The lowest BCUT2D eigenvalue weighted by Crippen LogP contribution is -2.44. The van der Waals surface area contributed by atoms with E-state index in [0.29, 0.717) is 0 Å². The van der Waals surface area contributed by atoms with Crippen LogP contribution in [0.25, 0.3) is 0 Å². The summed E-state index contributed by atoms with van der Waals surface area (Å²) in [5.74, 6) is 0.735. The van der Waals surface area contributed by atoms with Crippen LogP contribution in [-0.2, 0) is 13.3 Å². The highest BCUT2D eigenvalue weighted by Crippen LogP contribution is 2.30. The predicted molar refractivity (Wildman–Crippen MR) is 62.8 cm³/mol. The van der Waals surface area contributed by atoms with Crippen LogP contribution in [0.2, 0.25) is 6.04 Å². The molecular weight excluding hydrogens is 208 g/mol. The lowest BCUT2D eigenvalue weighted by Gasteiger charge is -2.28. The lowest BCUT2D eigenvalue weighted by molar-refractivity contribution is 0.117. The van der Waals surface area contributed by atoms with Crippen molar-refractivity contribution in [2.24, 2.45) is 5.92 Å². The first-order valence-corrected chi connectivity index (χ1v) is 7.85. The molecule has 0 N–H and O–H groups in total. The van der Waals surface area contributed by atoms with Crippen LogP contribution in [0.5, 0.6) is 0 Å². The summed E-state index contributed by atoms with van der Waals surface area (Å²) >= 11 is 0. The Kier molecular flexibility index (Phi) is 5.82. The van der Waals surface area contributed by atoms with E-state index in [-0.39, 0.29) is 0 Å². The third-order valence-corrected chi connectivity index (χ3v) is 6.39. The van der Waals surface area contributed by atoms with Gasteiger partial charge in [-0.1, -0.05) is 38.5 Å². The van der Waals surface area contributed by atoms with Gasteiger partial charge in [-0.2, -0.15) is 0 Å². The normalized spacial score (nSPS) is 20.2. The zero-order chi connectivity index (χ0) is 11.1. The van der Waals surface area contributed by atoms with E-state index >= 15 is 0 Å². The predicted octanol–water partition coefficient (Wildman–Crippen LogP) is 2.83. The smallest absolute Gasteiger partial charge is 0.377 e. The first-order valence-electron chi connectivity index (χ1n) is 5.92. The molecule has 0 aromatic carbocycles. The fourth-order valence-corrected chi connectivity index (χ4v) is 4.54. The Balaban J connectivity index is 2.48. The van der Waals surface area contributed by atoms with Crippen molar-refractivity contribution in [1.29, 1.82) is 0 Å². The highest BCUT2D eigenvalue weighted by molar-refractivity contribution is 6.60.